The molecule has 1 amide bonds. The Morgan fingerprint density at radius 2 is 1.83 bits per heavy atom. The quantitative estimate of drug-likeness (QED) is 0.616. The van der Waals surface area contributed by atoms with Crippen LogP contribution in [0.25, 0.3) is 10.3 Å². The van der Waals surface area contributed by atoms with Crippen molar-refractivity contribution in [1.29, 1.82) is 0 Å². The number of fused-ring (bicyclic) bond motifs is 1. The van der Waals surface area contributed by atoms with Crippen LogP contribution in [0.3, 0.4) is 0 Å². The molecule has 0 saturated carbocycles. The molecule has 0 spiro atoms. The third-order valence-corrected chi connectivity index (χ3v) is 7.27. The fourth-order valence-corrected chi connectivity index (χ4v) is 5.41. The molecule has 1 atom stereocenters. The topological polar surface area (TPSA) is 52.6 Å². The summed E-state index contributed by atoms with van der Waals surface area (Å²) in [6, 6.07) is 11.8. The lowest BCUT2D eigenvalue weighted by Gasteiger charge is -2.39. The Kier molecular flexibility index (Phi) is 5.48. The first-order valence-corrected chi connectivity index (χ1v) is 11.6. The Balaban J connectivity index is 1.21. The number of piperazine rings is 1. The van der Waals surface area contributed by atoms with Crippen molar-refractivity contribution in [2.45, 2.75) is 12.8 Å². The number of benzene rings is 1. The Hall–Kier alpha value is -2.38. The summed E-state index contributed by atoms with van der Waals surface area (Å²) in [5.74, 6) is 0.329. The molecule has 2 aromatic heterocycles. The number of carbonyl (C=O) groups is 1. The molecule has 8 heteroatoms. The molecule has 2 aliphatic rings. The highest BCUT2D eigenvalue weighted by molar-refractivity contribution is 7.21. The van der Waals surface area contributed by atoms with E-state index in [0.717, 1.165) is 72.6 Å². The molecule has 156 valence electrons. The van der Waals surface area contributed by atoms with Crippen LogP contribution in [0.1, 0.15) is 12.8 Å². The van der Waals surface area contributed by atoms with Gasteiger partial charge in [0.1, 0.15) is 10.3 Å². The van der Waals surface area contributed by atoms with Crippen molar-refractivity contribution < 1.29 is 4.79 Å². The van der Waals surface area contributed by atoms with Crippen LogP contribution in [0.15, 0.2) is 42.6 Å². The number of thiazole rings is 1. The van der Waals surface area contributed by atoms with Gasteiger partial charge in [0.15, 0.2) is 5.13 Å². The second-order valence-electron chi connectivity index (χ2n) is 7.90. The average molecular weight is 442 g/mol. The van der Waals surface area contributed by atoms with Crippen molar-refractivity contribution in [2.24, 2.45) is 5.92 Å². The monoisotopic (exact) mass is 441 g/mol. The smallest absolute Gasteiger partial charge is 0.227 e. The van der Waals surface area contributed by atoms with E-state index in [1.807, 2.05) is 41.3 Å². The number of amides is 1. The highest BCUT2D eigenvalue weighted by Crippen LogP contribution is 2.31. The zero-order valence-electron chi connectivity index (χ0n) is 16.7. The molecular weight excluding hydrogens is 418 g/mol. The lowest BCUT2D eigenvalue weighted by molar-refractivity contribution is -0.136. The third kappa shape index (κ3) is 3.96. The lowest BCUT2D eigenvalue weighted by Crippen LogP contribution is -2.52. The number of halogens is 1. The van der Waals surface area contributed by atoms with Crippen molar-refractivity contribution in [2.75, 3.05) is 49.1 Å². The molecule has 6 nitrogen and oxygen atoms in total. The maximum Gasteiger partial charge on any atom is 0.227 e. The van der Waals surface area contributed by atoms with E-state index in [4.69, 9.17) is 16.6 Å². The zero-order chi connectivity index (χ0) is 20.5. The number of hydrogen-bond acceptors (Lipinski definition) is 6. The average Bonchev–Trinajstić information content (AvgIpc) is 3.24. The number of nitrogens with zero attached hydrogens (tertiary/aromatic N) is 5. The van der Waals surface area contributed by atoms with Crippen LogP contribution in [0.5, 0.6) is 0 Å². The van der Waals surface area contributed by atoms with Gasteiger partial charge < -0.3 is 14.7 Å². The van der Waals surface area contributed by atoms with Gasteiger partial charge >= 0.3 is 0 Å². The van der Waals surface area contributed by atoms with Crippen molar-refractivity contribution >= 4 is 50.0 Å². The summed E-state index contributed by atoms with van der Waals surface area (Å²) < 4.78 is 0. The molecule has 0 aliphatic carbocycles. The molecule has 1 aromatic carbocycles. The molecule has 2 aliphatic heterocycles. The lowest BCUT2D eigenvalue weighted by atomic mass is 9.96. The highest BCUT2D eigenvalue weighted by atomic mass is 35.5. The van der Waals surface area contributed by atoms with Gasteiger partial charge in [0.2, 0.25) is 5.91 Å². The van der Waals surface area contributed by atoms with Crippen LogP contribution in [0, 0.1) is 5.92 Å². The van der Waals surface area contributed by atoms with Gasteiger partial charge in [-0.15, -0.1) is 0 Å². The summed E-state index contributed by atoms with van der Waals surface area (Å²) in [5.41, 5.74) is 2.10. The fourth-order valence-electron chi connectivity index (χ4n) is 4.34. The van der Waals surface area contributed by atoms with Crippen molar-refractivity contribution in [3.05, 3.63) is 47.6 Å². The van der Waals surface area contributed by atoms with E-state index in [1.165, 1.54) is 5.69 Å². The minimum Gasteiger partial charge on any atom is -0.368 e. The van der Waals surface area contributed by atoms with Gasteiger partial charge in [-0.1, -0.05) is 22.9 Å². The van der Waals surface area contributed by atoms with Gasteiger partial charge in [0, 0.05) is 56.2 Å². The van der Waals surface area contributed by atoms with Gasteiger partial charge in [0.25, 0.3) is 0 Å². The molecule has 4 heterocycles. The second-order valence-corrected chi connectivity index (χ2v) is 9.29. The largest absolute Gasteiger partial charge is 0.368 e. The summed E-state index contributed by atoms with van der Waals surface area (Å²) in [6.07, 6.45) is 3.77. The summed E-state index contributed by atoms with van der Waals surface area (Å²) >= 11 is 7.61. The molecule has 30 heavy (non-hydrogen) atoms. The first kappa shape index (κ1) is 19.6. The predicted octanol–water partition coefficient (Wildman–Crippen LogP) is 3.91. The third-order valence-electron chi connectivity index (χ3n) is 5.98. The van der Waals surface area contributed by atoms with E-state index >= 15 is 0 Å². The van der Waals surface area contributed by atoms with Gasteiger partial charge in [-0.05, 0) is 49.2 Å². The molecule has 0 N–H and O–H groups in total. The molecule has 0 radical (unpaired) electrons. The molecule has 3 aromatic rings. The van der Waals surface area contributed by atoms with Gasteiger partial charge in [0.05, 0.1) is 5.92 Å². The fraction of sp³-hybridized carbons (Fsp3) is 0.409. The summed E-state index contributed by atoms with van der Waals surface area (Å²) in [5, 5.41) is 1.73. The Labute approximate surface area is 185 Å². The van der Waals surface area contributed by atoms with Crippen LogP contribution < -0.4 is 9.80 Å². The van der Waals surface area contributed by atoms with Crippen LogP contribution in [0.2, 0.25) is 5.02 Å². The maximum atomic E-state index is 13.2. The van der Waals surface area contributed by atoms with Gasteiger partial charge in [-0.3, -0.25) is 4.79 Å². The normalized spacial score (nSPS) is 20.0. The molecule has 0 unspecified atom stereocenters. The summed E-state index contributed by atoms with van der Waals surface area (Å²) in [6.45, 7) is 4.94. The predicted molar refractivity (Wildman–Crippen MR) is 123 cm³/mol. The van der Waals surface area contributed by atoms with Crippen molar-refractivity contribution in [1.82, 2.24) is 14.9 Å². The van der Waals surface area contributed by atoms with E-state index in [0.29, 0.717) is 0 Å². The molecular formula is C22H24ClN5OS. The second kappa shape index (κ2) is 8.40. The van der Waals surface area contributed by atoms with E-state index in [1.54, 1.807) is 17.5 Å². The number of aromatic nitrogens is 2. The van der Waals surface area contributed by atoms with Gasteiger partial charge in [-0.25, -0.2) is 9.97 Å². The minimum absolute atomic E-state index is 0.0424. The molecule has 5 rings (SSSR count). The van der Waals surface area contributed by atoms with E-state index in [9.17, 15) is 4.79 Å². The Morgan fingerprint density at radius 3 is 2.60 bits per heavy atom. The zero-order valence-corrected chi connectivity index (χ0v) is 18.3. The number of piperidine rings is 1. The van der Waals surface area contributed by atoms with E-state index in [-0.39, 0.29) is 11.8 Å². The maximum absolute atomic E-state index is 13.2. The molecule has 0 bridgehead atoms. The molecule has 2 fully saturated rings. The van der Waals surface area contributed by atoms with Crippen LogP contribution in [-0.2, 0) is 4.79 Å². The van der Waals surface area contributed by atoms with Gasteiger partial charge in [-0.2, -0.15) is 0 Å². The Bertz CT molecular complexity index is 998. The number of pyridine rings is 1. The summed E-state index contributed by atoms with van der Waals surface area (Å²) in [7, 11) is 0. The number of rotatable bonds is 3. The van der Waals surface area contributed by atoms with E-state index in [2.05, 4.69) is 14.8 Å². The number of hydrogen-bond donors (Lipinski definition) is 0. The SMILES string of the molecule is O=C([C@H]1CCCN(c2nc3cccnc3s2)C1)N1CCN(c2ccc(Cl)cc2)CC1. The number of carbonyl (C=O) groups excluding carboxylic acids is 1. The first-order valence-electron chi connectivity index (χ1n) is 10.4. The van der Waals surface area contributed by atoms with Crippen molar-refractivity contribution in [3.8, 4) is 0 Å². The standard InChI is InChI=1S/C22H24ClN5OS/c23-17-5-7-18(8-6-17)26-11-13-27(14-12-26)21(29)16-3-2-10-28(15-16)22-25-19-4-1-9-24-20(19)30-22/h1,4-9,16H,2-3,10-15H2/t16-/m0/s1. The van der Waals surface area contributed by atoms with Crippen LogP contribution in [0.4, 0.5) is 10.8 Å². The van der Waals surface area contributed by atoms with E-state index < -0.39 is 0 Å². The van der Waals surface area contributed by atoms with Crippen LogP contribution in [-0.4, -0.2) is 60.0 Å². The Morgan fingerprint density at radius 1 is 1.03 bits per heavy atom. The first-order chi connectivity index (χ1) is 14.7. The molecule has 2 saturated heterocycles. The highest BCUT2D eigenvalue weighted by Gasteiger charge is 2.32. The van der Waals surface area contributed by atoms with Crippen molar-refractivity contribution in [3.63, 3.8) is 0 Å². The number of anilines is 2. The summed E-state index contributed by atoms with van der Waals surface area (Å²) in [4.78, 5) is 29.9. The minimum atomic E-state index is 0.0424. The van der Waals surface area contributed by atoms with Crippen LogP contribution >= 0.6 is 22.9 Å².